The maximum atomic E-state index is 14.8. The molecule has 0 saturated carbocycles. The van der Waals surface area contributed by atoms with E-state index in [0.29, 0.717) is 6.42 Å². The van der Waals surface area contributed by atoms with Gasteiger partial charge in [0.15, 0.2) is 12.4 Å². The van der Waals surface area contributed by atoms with Crippen molar-refractivity contribution in [2.24, 2.45) is 7.05 Å². The second-order valence-electron chi connectivity index (χ2n) is 7.90. The summed E-state index contributed by atoms with van der Waals surface area (Å²) in [5.74, 6) is -2.31. The quantitative estimate of drug-likeness (QED) is 0.202. The molecule has 0 N–H and O–H groups in total. The Morgan fingerprint density at radius 2 is 1.87 bits per heavy atom. The third kappa shape index (κ3) is 6.71. The number of hydrogen-bond acceptors (Lipinski definition) is 7. The van der Waals surface area contributed by atoms with Crippen molar-refractivity contribution < 1.29 is 36.6 Å². The Bertz CT molecular complexity index is 1440. The van der Waals surface area contributed by atoms with Crippen LogP contribution in [-0.2, 0) is 22.8 Å². The number of carbonyl (C=O) groups excluding carboxylic acids is 1. The van der Waals surface area contributed by atoms with Crippen LogP contribution in [-0.4, -0.2) is 33.3 Å². The molecule has 14 heteroatoms. The topological polar surface area (TPSA) is 102 Å². The van der Waals surface area contributed by atoms with E-state index in [1.807, 2.05) is 6.92 Å². The second kappa shape index (κ2) is 12.1. The van der Waals surface area contributed by atoms with E-state index in [1.165, 1.54) is 18.3 Å². The Labute approximate surface area is 218 Å². The van der Waals surface area contributed by atoms with Crippen LogP contribution in [0.25, 0.3) is 5.69 Å². The van der Waals surface area contributed by atoms with E-state index >= 15 is 0 Å². The van der Waals surface area contributed by atoms with Crippen LogP contribution in [0.4, 0.5) is 17.6 Å². The maximum Gasteiger partial charge on any atom is 0.431 e. The first kappa shape index (κ1) is 28.7. The Morgan fingerprint density at radius 3 is 2.55 bits per heavy atom. The summed E-state index contributed by atoms with van der Waals surface area (Å²) in [6.07, 6.45) is -1.08. The molecule has 38 heavy (non-hydrogen) atoms. The molecular weight excluding hydrogens is 538 g/mol. The van der Waals surface area contributed by atoms with E-state index in [1.54, 1.807) is 0 Å². The molecule has 0 aliphatic carbocycles. The van der Waals surface area contributed by atoms with Crippen molar-refractivity contribution in [3.05, 3.63) is 73.9 Å². The monoisotopic (exact) mass is 559 g/mol. The largest absolute Gasteiger partial charge is 0.463 e. The van der Waals surface area contributed by atoms with Crippen LogP contribution >= 0.6 is 11.6 Å². The van der Waals surface area contributed by atoms with Crippen LogP contribution in [0.15, 0.2) is 46.1 Å². The van der Waals surface area contributed by atoms with Crippen molar-refractivity contribution in [2.75, 3.05) is 13.2 Å². The maximum absolute atomic E-state index is 14.8. The normalized spacial score (nSPS) is 11.3. The molecule has 2 aromatic heterocycles. The molecule has 3 rings (SSSR count). The van der Waals surface area contributed by atoms with Crippen molar-refractivity contribution in [2.45, 2.75) is 32.4 Å². The third-order valence-corrected chi connectivity index (χ3v) is 5.44. The highest BCUT2D eigenvalue weighted by Crippen LogP contribution is 2.36. The molecular formula is C24H22ClF4N3O6. The predicted molar refractivity (Wildman–Crippen MR) is 128 cm³/mol. The zero-order valence-electron chi connectivity index (χ0n) is 20.2. The lowest BCUT2D eigenvalue weighted by Crippen LogP contribution is -2.41. The van der Waals surface area contributed by atoms with Crippen LogP contribution in [0.3, 0.4) is 0 Å². The number of halogens is 5. The summed E-state index contributed by atoms with van der Waals surface area (Å²) in [7, 11) is 0.792. The van der Waals surface area contributed by atoms with Gasteiger partial charge in [-0.3, -0.25) is 9.36 Å². The molecule has 9 nitrogen and oxygen atoms in total. The van der Waals surface area contributed by atoms with E-state index in [4.69, 9.17) is 25.8 Å². The number of rotatable bonds is 10. The Balaban J connectivity index is 1.91. The van der Waals surface area contributed by atoms with Crippen LogP contribution in [0.2, 0.25) is 5.02 Å². The summed E-state index contributed by atoms with van der Waals surface area (Å²) in [6.45, 7) is 1.75. The van der Waals surface area contributed by atoms with Gasteiger partial charge in [-0.2, -0.15) is 13.2 Å². The number of pyridine rings is 1. The number of hydrogen-bond donors (Lipinski definition) is 0. The lowest BCUT2D eigenvalue weighted by molar-refractivity contribution is -0.146. The van der Waals surface area contributed by atoms with Gasteiger partial charge in [0, 0.05) is 25.4 Å². The summed E-state index contributed by atoms with van der Waals surface area (Å²) >= 11 is 6.08. The first-order valence-electron chi connectivity index (χ1n) is 11.2. The highest BCUT2D eigenvalue weighted by molar-refractivity contribution is 6.32. The van der Waals surface area contributed by atoms with E-state index in [2.05, 4.69) is 4.98 Å². The Kier molecular flexibility index (Phi) is 9.15. The first-order valence-corrected chi connectivity index (χ1v) is 11.6. The van der Waals surface area contributed by atoms with Gasteiger partial charge >= 0.3 is 17.8 Å². The van der Waals surface area contributed by atoms with Gasteiger partial charge in [0.25, 0.3) is 11.4 Å². The average Bonchev–Trinajstić information content (AvgIpc) is 2.85. The number of alkyl halides is 3. The van der Waals surface area contributed by atoms with Gasteiger partial charge in [0.2, 0.25) is 0 Å². The molecule has 0 unspecified atom stereocenters. The Hall–Kier alpha value is -3.87. The Morgan fingerprint density at radius 1 is 1.13 bits per heavy atom. The van der Waals surface area contributed by atoms with Gasteiger partial charge in [-0.05, 0) is 24.6 Å². The second-order valence-corrected chi connectivity index (χ2v) is 8.31. The number of ether oxygens (including phenoxy) is 3. The minimum Gasteiger partial charge on any atom is -0.463 e. The molecule has 0 spiro atoms. The lowest BCUT2D eigenvalue weighted by Gasteiger charge is -2.16. The molecule has 0 radical (unpaired) electrons. The van der Waals surface area contributed by atoms with Crippen molar-refractivity contribution in [1.82, 2.24) is 14.1 Å². The summed E-state index contributed by atoms with van der Waals surface area (Å²) < 4.78 is 70.7. The summed E-state index contributed by atoms with van der Waals surface area (Å²) in [6, 6.07) is 4.61. The molecule has 0 bridgehead atoms. The first-order chi connectivity index (χ1) is 17.9. The SMILES string of the molecule is CCCCCOC(=O)COc1ncccc1Oc1cc(-n2c(=O)cc(C(F)(F)F)n(C)c2=O)c(F)cc1Cl. The van der Waals surface area contributed by atoms with Crippen LogP contribution in [0, 0.1) is 5.82 Å². The molecule has 1 aromatic carbocycles. The standard InChI is InChI=1S/C24H22ClF4N3O6/c1-3-4-5-9-36-21(34)13-37-22-17(7-6-8-30-22)38-18-11-16(15(26)10-14(18)25)32-20(33)12-19(24(27,28)29)31(2)23(32)35/h6-8,10-12H,3-5,9,13H2,1-2H3. The third-order valence-electron chi connectivity index (χ3n) is 5.15. The number of nitrogens with zero attached hydrogens (tertiary/aromatic N) is 3. The van der Waals surface area contributed by atoms with Crippen molar-refractivity contribution >= 4 is 17.6 Å². The minimum absolute atomic E-state index is 0.0709. The fourth-order valence-corrected chi connectivity index (χ4v) is 3.46. The highest BCUT2D eigenvalue weighted by Gasteiger charge is 2.35. The average molecular weight is 560 g/mol. The highest BCUT2D eigenvalue weighted by atomic mass is 35.5. The van der Waals surface area contributed by atoms with Crippen LogP contribution in [0.1, 0.15) is 31.9 Å². The summed E-state index contributed by atoms with van der Waals surface area (Å²) in [5, 5.41) is -0.298. The minimum atomic E-state index is -4.99. The van der Waals surface area contributed by atoms with Crippen molar-refractivity contribution in [3.8, 4) is 23.1 Å². The van der Waals surface area contributed by atoms with Gasteiger partial charge in [0.05, 0.1) is 17.3 Å². The van der Waals surface area contributed by atoms with E-state index in [0.717, 1.165) is 32.0 Å². The predicted octanol–water partition coefficient (Wildman–Crippen LogP) is 4.65. The van der Waals surface area contributed by atoms with E-state index in [9.17, 15) is 31.9 Å². The lowest BCUT2D eigenvalue weighted by atomic mass is 10.2. The molecule has 0 fully saturated rings. The molecule has 0 saturated heterocycles. The fourth-order valence-electron chi connectivity index (χ4n) is 3.27. The molecule has 3 aromatic rings. The zero-order chi connectivity index (χ0) is 28.0. The fraction of sp³-hybridized carbons (Fsp3) is 0.333. The van der Waals surface area contributed by atoms with Crippen molar-refractivity contribution in [1.29, 1.82) is 0 Å². The molecule has 0 aliphatic rings. The summed E-state index contributed by atoms with van der Waals surface area (Å²) in [5.41, 5.74) is -5.07. The van der Waals surface area contributed by atoms with Gasteiger partial charge in [-0.1, -0.05) is 31.4 Å². The number of carbonyl (C=O) groups is 1. The van der Waals surface area contributed by atoms with E-state index in [-0.39, 0.29) is 44.2 Å². The molecule has 204 valence electrons. The molecule has 0 amide bonds. The number of esters is 1. The van der Waals surface area contributed by atoms with Gasteiger partial charge < -0.3 is 14.2 Å². The molecule has 0 atom stereocenters. The number of unbranched alkanes of at least 4 members (excludes halogenated alkanes) is 2. The summed E-state index contributed by atoms with van der Waals surface area (Å²) in [4.78, 5) is 40.9. The van der Waals surface area contributed by atoms with E-state index < -0.39 is 47.2 Å². The smallest absolute Gasteiger partial charge is 0.431 e. The zero-order valence-corrected chi connectivity index (χ0v) is 20.9. The van der Waals surface area contributed by atoms with Gasteiger partial charge in [-0.25, -0.2) is 23.5 Å². The van der Waals surface area contributed by atoms with Gasteiger partial charge in [0.1, 0.15) is 17.3 Å². The van der Waals surface area contributed by atoms with Crippen LogP contribution in [0.5, 0.6) is 17.4 Å². The van der Waals surface area contributed by atoms with Crippen molar-refractivity contribution in [3.63, 3.8) is 0 Å². The number of benzene rings is 1. The number of aromatic nitrogens is 3. The van der Waals surface area contributed by atoms with Crippen LogP contribution < -0.4 is 20.7 Å². The molecule has 2 heterocycles. The molecule has 0 aliphatic heterocycles. The van der Waals surface area contributed by atoms with Gasteiger partial charge in [-0.15, -0.1) is 0 Å².